The highest BCUT2D eigenvalue weighted by Gasteiger charge is 2.37. The Morgan fingerprint density at radius 3 is 2.31 bits per heavy atom. The van der Waals surface area contributed by atoms with Gasteiger partial charge >= 0.3 is 0 Å². The minimum Gasteiger partial charge on any atom is -0.338 e. The number of nitrogens with zero attached hydrogens (tertiary/aromatic N) is 2. The Bertz CT molecular complexity index is 832. The molecular weight excluding hydrogens is 380 g/mol. The summed E-state index contributed by atoms with van der Waals surface area (Å²) in [4.78, 5) is 30.6. The Hall–Kier alpha value is -2.14. The van der Waals surface area contributed by atoms with E-state index in [2.05, 4.69) is 43.0 Å². The third-order valence-corrected chi connectivity index (χ3v) is 6.99. The minimum absolute atomic E-state index is 0.0397. The molecule has 5 heteroatoms. The molecule has 2 aliphatic rings. The molecule has 1 saturated heterocycles. The fourth-order valence-corrected chi connectivity index (χ4v) is 4.79. The van der Waals surface area contributed by atoms with Crippen LogP contribution in [0.1, 0.15) is 66.2 Å². The Labute approximate surface area is 177 Å². The van der Waals surface area contributed by atoms with Gasteiger partial charge in [0, 0.05) is 31.6 Å². The van der Waals surface area contributed by atoms with Crippen LogP contribution in [-0.4, -0.2) is 40.7 Å². The van der Waals surface area contributed by atoms with E-state index >= 15 is 0 Å². The van der Waals surface area contributed by atoms with Crippen LogP contribution in [0, 0.1) is 5.92 Å². The van der Waals surface area contributed by atoms with Crippen molar-refractivity contribution in [3.8, 4) is 0 Å². The smallest absolute Gasteiger partial charge is 0.263 e. The van der Waals surface area contributed by atoms with Gasteiger partial charge in [0.1, 0.15) is 0 Å². The maximum atomic E-state index is 13.3. The molecule has 1 aromatic carbocycles. The van der Waals surface area contributed by atoms with Gasteiger partial charge in [0.05, 0.1) is 4.88 Å². The van der Waals surface area contributed by atoms with E-state index < -0.39 is 0 Å². The standard InChI is InChI=1S/C24H30N2O2S/c1-17(2)19-7-5-18(6-8-19)16-26(21-9-10-21)23(27)20-11-13-25(14-12-20)24(28)22-4-3-15-29-22/h3-8,15,17,20-21H,9-14,16H2,1-2H3. The zero-order chi connectivity index (χ0) is 20.4. The van der Waals surface area contributed by atoms with Crippen molar-refractivity contribution in [2.24, 2.45) is 5.92 Å². The lowest BCUT2D eigenvalue weighted by Gasteiger charge is -2.34. The molecule has 0 radical (unpaired) electrons. The van der Waals surface area contributed by atoms with Gasteiger partial charge in [-0.2, -0.15) is 0 Å². The number of benzene rings is 1. The van der Waals surface area contributed by atoms with Gasteiger partial charge in [-0.05, 0) is 54.2 Å². The first kappa shape index (κ1) is 20.1. The van der Waals surface area contributed by atoms with Crippen molar-refractivity contribution in [1.29, 1.82) is 0 Å². The molecule has 0 spiro atoms. The molecule has 1 aliphatic carbocycles. The van der Waals surface area contributed by atoms with Crippen LogP contribution in [0.25, 0.3) is 0 Å². The number of piperidine rings is 1. The molecule has 2 fully saturated rings. The molecule has 0 N–H and O–H groups in total. The molecule has 154 valence electrons. The molecule has 29 heavy (non-hydrogen) atoms. The lowest BCUT2D eigenvalue weighted by Crippen LogP contribution is -2.44. The molecule has 2 amide bonds. The van der Waals surface area contributed by atoms with Gasteiger partial charge in [-0.1, -0.05) is 44.2 Å². The number of carbonyl (C=O) groups is 2. The first-order valence-electron chi connectivity index (χ1n) is 10.7. The van der Waals surface area contributed by atoms with Crippen LogP contribution in [0.3, 0.4) is 0 Å². The third kappa shape index (κ3) is 4.72. The van der Waals surface area contributed by atoms with Crippen molar-refractivity contribution in [1.82, 2.24) is 9.80 Å². The SMILES string of the molecule is CC(C)c1ccc(CN(C(=O)C2CCN(C(=O)c3cccs3)CC2)C2CC2)cc1. The molecule has 0 bridgehead atoms. The van der Waals surface area contributed by atoms with Crippen molar-refractivity contribution < 1.29 is 9.59 Å². The largest absolute Gasteiger partial charge is 0.338 e. The highest BCUT2D eigenvalue weighted by Crippen LogP contribution is 2.32. The maximum Gasteiger partial charge on any atom is 0.263 e. The summed E-state index contributed by atoms with van der Waals surface area (Å²) in [6.45, 7) is 6.45. The normalized spacial score (nSPS) is 17.6. The highest BCUT2D eigenvalue weighted by atomic mass is 32.1. The maximum absolute atomic E-state index is 13.3. The number of likely N-dealkylation sites (tertiary alicyclic amines) is 1. The molecular formula is C24H30N2O2S. The Morgan fingerprint density at radius 2 is 1.76 bits per heavy atom. The van der Waals surface area contributed by atoms with Crippen LogP contribution in [-0.2, 0) is 11.3 Å². The molecule has 0 atom stereocenters. The third-order valence-electron chi connectivity index (χ3n) is 6.13. The van der Waals surface area contributed by atoms with Gasteiger partial charge in [0.25, 0.3) is 5.91 Å². The topological polar surface area (TPSA) is 40.6 Å². The van der Waals surface area contributed by atoms with Crippen molar-refractivity contribution in [3.05, 3.63) is 57.8 Å². The second kappa shape index (κ2) is 8.70. The summed E-state index contributed by atoms with van der Waals surface area (Å²) in [6.07, 6.45) is 3.77. The lowest BCUT2D eigenvalue weighted by atomic mass is 9.94. The van der Waals surface area contributed by atoms with E-state index in [1.54, 1.807) is 0 Å². The van der Waals surface area contributed by atoms with E-state index in [0.29, 0.717) is 31.6 Å². The predicted octanol–water partition coefficient (Wildman–Crippen LogP) is 4.91. The average Bonchev–Trinajstić information content (AvgIpc) is 3.44. The summed E-state index contributed by atoms with van der Waals surface area (Å²) in [7, 11) is 0. The van der Waals surface area contributed by atoms with E-state index in [4.69, 9.17) is 0 Å². The van der Waals surface area contributed by atoms with E-state index in [0.717, 1.165) is 30.6 Å². The van der Waals surface area contributed by atoms with Crippen LogP contribution in [0.4, 0.5) is 0 Å². The van der Waals surface area contributed by atoms with Gasteiger partial charge in [0.2, 0.25) is 5.91 Å². The summed E-state index contributed by atoms with van der Waals surface area (Å²) >= 11 is 1.49. The number of amides is 2. The first-order chi connectivity index (χ1) is 14.0. The number of hydrogen-bond acceptors (Lipinski definition) is 3. The van der Waals surface area contributed by atoms with Crippen LogP contribution in [0.2, 0.25) is 0 Å². The fraction of sp³-hybridized carbons (Fsp3) is 0.500. The van der Waals surface area contributed by atoms with Gasteiger partial charge in [-0.3, -0.25) is 9.59 Å². The van der Waals surface area contributed by atoms with Crippen LogP contribution < -0.4 is 0 Å². The van der Waals surface area contributed by atoms with Crippen LogP contribution in [0.15, 0.2) is 41.8 Å². The first-order valence-corrected chi connectivity index (χ1v) is 11.6. The van der Waals surface area contributed by atoms with Gasteiger partial charge < -0.3 is 9.80 Å². The molecule has 4 rings (SSSR count). The summed E-state index contributed by atoms with van der Waals surface area (Å²) in [5.74, 6) is 0.948. The number of rotatable bonds is 6. The van der Waals surface area contributed by atoms with Crippen molar-refractivity contribution in [2.45, 2.75) is 58.0 Å². The van der Waals surface area contributed by atoms with Gasteiger partial charge in [0.15, 0.2) is 0 Å². The summed E-state index contributed by atoms with van der Waals surface area (Å²) < 4.78 is 0. The van der Waals surface area contributed by atoms with Gasteiger partial charge in [-0.15, -0.1) is 11.3 Å². The Morgan fingerprint density at radius 1 is 1.07 bits per heavy atom. The number of thiophene rings is 1. The Kier molecular flexibility index (Phi) is 6.04. The van der Waals surface area contributed by atoms with Crippen LogP contribution in [0.5, 0.6) is 0 Å². The average molecular weight is 411 g/mol. The second-order valence-electron chi connectivity index (χ2n) is 8.64. The monoisotopic (exact) mass is 410 g/mol. The van der Waals surface area contributed by atoms with Crippen LogP contribution >= 0.6 is 11.3 Å². The molecule has 1 saturated carbocycles. The Balaban J connectivity index is 1.36. The number of carbonyl (C=O) groups excluding carboxylic acids is 2. The van der Waals surface area contributed by atoms with E-state index in [1.807, 2.05) is 22.4 Å². The highest BCUT2D eigenvalue weighted by molar-refractivity contribution is 7.12. The van der Waals surface area contributed by atoms with Crippen molar-refractivity contribution in [3.63, 3.8) is 0 Å². The lowest BCUT2D eigenvalue weighted by molar-refractivity contribution is -0.138. The van der Waals surface area contributed by atoms with E-state index in [-0.39, 0.29) is 17.7 Å². The summed E-state index contributed by atoms with van der Waals surface area (Å²) in [5, 5.41) is 1.94. The molecule has 1 aromatic heterocycles. The molecule has 0 unspecified atom stereocenters. The number of hydrogen-bond donors (Lipinski definition) is 0. The van der Waals surface area contributed by atoms with E-state index in [1.165, 1.54) is 22.5 Å². The predicted molar refractivity (Wildman–Crippen MR) is 117 cm³/mol. The van der Waals surface area contributed by atoms with Crippen molar-refractivity contribution >= 4 is 23.2 Å². The zero-order valence-electron chi connectivity index (χ0n) is 17.3. The second-order valence-corrected chi connectivity index (χ2v) is 9.59. The van der Waals surface area contributed by atoms with Crippen molar-refractivity contribution in [2.75, 3.05) is 13.1 Å². The fourth-order valence-electron chi connectivity index (χ4n) is 4.10. The minimum atomic E-state index is 0.0397. The molecule has 2 heterocycles. The quantitative estimate of drug-likeness (QED) is 0.678. The zero-order valence-corrected chi connectivity index (χ0v) is 18.2. The molecule has 4 nitrogen and oxygen atoms in total. The summed E-state index contributed by atoms with van der Waals surface area (Å²) in [6, 6.07) is 12.9. The van der Waals surface area contributed by atoms with Gasteiger partial charge in [-0.25, -0.2) is 0 Å². The molecule has 1 aliphatic heterocycles. The summed E-state index contributed by atoms with van der Waals surface area (Å²) in [5.41, 5.74) is 2.54. The molecule has 2 aromatic rings. The van der Waals surface area contributed by atoms with E-state index in [9.17, 15) is 9.59 Å².